The Kier molecular flexibility index (Phi) is 6.00. The fourth-order valence-corrected chi connectivity index (χ4v) is 2.06. The molecule has 6 nitrogen and oxygen atoms in total. The fourth-order valence-electron chi connectivity index (χ4n) is 2.06. The minimum absolute atomic E-state index is 0.448. The quantitative estimate of drug-likeness (QED) is 0.647. The first-order valence-electron chi connectivity index (χ1n) is 7.94. The Bertz CT molecular complexity index is 792. The number of furan rings is 1. The second kappa shape index (κ2) is 8.19. The van der Waals surface area contributed by atoms with E-state index in [0.717, 1.165) is 16.9 Å². The van der Waals surface area contributed by atoms with Crippen LogP contribution in [0, 0.1) is 20.8 Å². The van der Waals surface area contributed by atoms with Gasteiger partial charge >= 0.3 is 0 Å². The van der Waals surface area contributed by atoms with Crippen molar-refractivity contribution in [3.05, 3.63) is 59.1 Å². The van der Waals surface area contributed by atoms with E-state index in [9.17, 15) is 9.59 Å². The molecule has 0 saturated carbocycles. The largest absolute Gasteiger partial charge is 0.481 e. The molecular weight excluding hydrogens is 320 g/mol. The van der Waals surface area contributed by atoms with E-state index in [1.54, 1.807) is 25.1 Å². The summed E-state index contributed by atoms with van der Waals surface area (Å²) in [5, 5.41) is 0. The number of carbonyl (C=O) groups excluding carboxylic acids is 2. The van der Waals surface area contributed by atoms with Gasteiger partial charge in [0.25, 0.3) is 11.8 Å². The van der Waals surface area contributed by atoms with Gasteiger partial charge < -0.3 is 9.15 Å². The van der Waals surface area contributed by atoms with Gasteiger partial charge in [0.05, 0.1) is 0 Å². The van der Waals surface area contributed by atoms with E-state index in [1.165, 1.54) is 12.2 Å². The molecule has 1 aromatic carbocycles. The molecule has 6 heteroatoms. The van der Waals surface area contributed by atoms with Gasteiger partial charge in [0.1, 0.15) is 17.3 Å². The number of ether oxygens (including phenoxy) is 1. The summed E-state index contributed by atoms with van der Waals surface area (Å²) in [6.07, 6.45) is 2.04. The summed E-state index contributed by atoms with van der Waals surface area (Å²) in [5.74, 6) is 1.04. The van der Waals surface area contributed by atoms with Gasteiger partial charge in [-0.15, -0.1) is 0 Å². The molecule has 1 unspecified atom stereocenters. The van der Waals surface area contributed by atoms with E-state index in [0.29, 0.717) is 11.5 Å². The van der Waals surface area contributed by atoms with Crippen molar-refractivity contribution in [3.63, 3.8) is 0 Å². The van der Waals surface area contributed by atoms with Gasteiger partial charge in [-0.25, -0.2) is 0 Å². The minimum atomic E-state index is -0.752. The molecule has 2 aromatic rings. The molecule has 1 atom stereocenters. The summed E-state index contributed by atoms with van der Waals surface area (Å²) >= 11 is 0. The van der Waals surface area contributed by atoms with Crippen LogP contribution in [0.1, 0.15) is 29.6 Å². The molecule has 0 saturated heterocycles. The second-order valence-electron chi connectivity index (χ2n) is 5.72. The van der Waals surface area contributed by atoms with E-state index in [4.69, 9.17) is 9.15 Å². The number of rotatable bonds is 5. The SMILES string of the molecule is Cc1ccc(/C=C/C(=O)NNC(=O)C(C)Oc2cccc(C)c2C)o1. The maximum Gasteiger partial charge on any atom is 0.279 e. The topological polar surface area (TPSA) is 80.6 Å². The summed E-state index contributed by atoms with van der Waals surface area (Å²) < 4.78 is 11.0. The summed E-state index contributed by atoms with van der Waals surface area (Å²) in [6, 6.07) is 9.19. The van der Waals surface area contributed by atoms with Gasteiger partial charge in [0, 0.05) is 6.08 Å². The van der Waals surface area contributed by atoms with E-state index < -0.39 is 17.9 Å². The molecule has 0 aliphatic carbocycles. The van der Waals surface area contributed by atoms with Crippen LogP contribution in [0.4, 0.5) is 0 Å². The normalized spacial score (nSPS) is 12.0. The Morgan fingerprint density at radius 1 is 1.12 bits per heavy atom. The summed E-state index contributed by atoms with van der Waals surface area (Å²) in [4.78, 5) is 23.7. The van der Waals surface area contributed by atoms with E-state index >= 15 is 0 Å². The van der Waals surface area contributed by atoms with Crippen LogP contribution in [0.25, 0.3) is 6.08 Å². The Hall–Kier alpha value is -3.02. The molecule has 2 rings (SSSR count). The highest BCUT2D eigenvalue weighted by Crippen LogP contribution is 2.21. The van der Waals surface area contributed by atoms with Crippen molar-refractivity contribution in [1.82, 2.24) is 10.9 Å². The van der Waals surface area contributed by atoms with E-state index in [-0.39, 0.29) is 0 Å². The van der Waals surface area contributed by atoms with Crippen LogP contribution < -0.4 is 15.6 Å². The zero-order valence-corrected chi connectivity index (χ0v) is 14.8. The first-order chi connectivity index (χ1) is 11.9. The molecule has 1 aromatic heterocycles. The Morgan fingerprint density at radius 3 is 2.56 bits per heavy atom. The Balaban J connectivity index is 1.83. The molecule has 132 valence electrons. The molecule has 25 heavy (non-hydrogen) atoms. The summed E-state index contributed by atoms with van der Waals surface area (Å²) in [7, 11) is 0. The molecule has 0 bridgehead atoms. The number of hydrogen-bond donors (Lipinski definition) is 2. The van der Waals surface area contributed by atoms with E-state index in [1.807, 2.05) is 32.9 Å². The van der Waals surface area contributed by atoms with Gasteiger partial charge in [-0.2, -0.15) is 0 Å². The lowest BCUT2D eigenvalue weighted by Gasteiger charge is -2.17. The number of amides is 2. The minimum Gasteiger partial charge on any atom is -0.481 e. The van der Waals surface area contributed by atoms with Crippen LogP contribution in [0.2, 0.25) is 0 Å². The van der Waals surface area contributed by atoms with Crippen molar-refractivity contribution in [1.29, 1.82) is 0 Å². The van der Waals surface area contributed by atoms with Crippen LogP contribution in [0.3, 0.4) is 0 Å². The zero-order valence-electron chi connectivity index (χ0n) is 14.8. The first kappa shape index (κ1) is 18.3. The van der Waals surface area contributed by atoms with Crippen molar-refractivity contribution >= 4 is 17.9 Å². The molecule has 0 spiro atoms. The molecule has 0 aliphatic heterocycles. The van der Waals surface area contributed by atoms with E-state index in [2.05, 4.69) is 10.9 Å². The molecule has 0 aliphatic rings. The van der Waals surface area contributed by atoms with Crippen LogP contribution in [-0.4, -0.2) is 17.9 Å². The number of aryl methyl sites for hydroxylation is 2. The van der Waals surface area contributed by atoms with Gasteiger partial charge in [0.2, 0.25) is 0 Å². The van der Waals surface area contributed by atoms with Crippen LogP contribution in [0.5, 0.6) is 5.75 Å². The van der Waals surface area contributed by atoms with Crippen molar-refractivity contribution in [2.75, 3.05) is 0 Å². The molecule has 0 radical (unpaired) electrons. The zero-order chi connectivity index (χ0) is 18.4. The predicted molar refractivity (Wildman–Crippen MR) is 94.8 cm³/mol. The molecule has 0 fully saturated rings. The third kappa shape index (κ3) is 5.24. The van der Waals surface area contributed by atoms with Gasteiger partial charge in [-0.3, -0.25) is 20.4 Å². The third-order valence-electron chi connectivity index (χ3n) is 3.70. The van der Waals surface area contributed by atoms with Crippen LogP contribution >= 0.6 is 0 Å². The number of hydrazine groups is 1. The maximum absolute atomic E-state index is 12.0. The third-order valence-corrected chi connectivity index (χ3v) is 3.70. The van der Waals surface area contributed by atoms with Gasteiger partial charge in [0.15, 0.2) is 6.10 Å². The van der Waals surface area contributed by atoms with Crippen LogP contribution in [-0.2, 0) is 9.59 Å². The lowest BCUT2D eigenvalue weighted by molar-refractivity contribution is -0.131. The summed E-state index contributed by atoms with van der Waals surface area (Å²) in [5.41, 5.74) is 6.69. The highest BCUT2D eigenvalue weighted by molar-refractivity contribution is 5.93. The van der Waals surface area contributed by atoms with Crippen molar-refractivity contribution in [3.8, 4) is 5.75 Å². The monoisotopic (exact) mass is 342 g/mol. The molecular formula is C19H22N2O4. The number of benzene rings is 1. The second-order valence-corrected chi connectivity index (χ2v) is 5.72. The smallest absolute Gasteiger partial charge is 0.279 e. The predicted octanol–water partition coefficient (Wildman–Crippen LogP) is 2.83. The first-order valence-corrected chi connectivity index (χ1v) is 7.94. The number of nitrogens with one attached hydrogen (secondary N) is 2. The van der Waals surface area contributed by atoms with Crippen LogP contribution in [0.15, 0.2) is 40.8 Å². The van der Waals surface area contributed by atoms with Gasteiger partial charge in [-0.1, -0.05) is 12.1 Å². The Morgan fingerprint density at radius 2 is 1.88 bits per heavy atom. The molecule has 2 N–H and O–H groups in total. The fraction of sp³-hybridized carbons (Fsp3) is 0.263. The lowest BCUT2D eigenvalue weighted by Crippen LogP contribution is -2.46. The average molecular weight is 342 g/mol. The van der Waals surface area contributed by atoms with Crippen molar-refractivity contribution < 1.29 is 18.7 Å². The number of hydrogen-bond acceptors (Lipinski definition) is 4. The maximum atomic E-state index is 12.0. The van der Waals surface area contributed by atoms with Crippen molar-refractivity contribution in [2.24, 2.45) is 0 Å². The lowest BCUT2D eigenvalue weighted by atomic mass is 10.1. The molecule has 1 heterocycles. The number of carbonyl (C=O) groups is 2. The van der Waals surface area contributed by atoms with Gasteiger partial charge in [-0.05, 0) is 63.1 Å². The Labute approximate surface area is 146 Å². The average Bonchev–Trinajstić information content (AvgIpc) is 3.00. The summed E-state index contributed by atoms with van der Waals surface area (Å²) in [6.45, 7) is 7.33. The molecule has 2 amide bonds. The standard InChI is InChI=1S/C19H22N2O4/c1-12-6-5-7-17(14(12)3)25-15(4)19(23)21-20-18(22)11-10-16-9-8-13(2)24-16/h5-11,15H,1-4H3,(H,20,22)(H,21,23)/b11-10+. The highest BCUT2D eigenvalue weighted by Gasteiger charge is 2.16. The van der Waals surface area contributed by atoms with Crippen molar-refractivity contribution in [2.45, 2.75) is 33.8 Å². The highest BCUT2D eigenvalue weighted by atomic mass is 16.5.